The molecule has 0 unspecified atom stereocenters. The van der Waals surface area contributed by atoms with Crippen LogP contribution in [0.3, 0.4) is 0 Å². The summed E-state index contributed by atoms with van der Waals surface area (Å²) in [4.78, 5) is 38.8. The number of carbonyl (C=O) groups is 4. The van der Waals surface area contributed by atoms with Gasteiger partial charge < -0.3 is 21.7 Å². The quantitative estimate of drug-likeness (QED) is 0.374. The first-order valence-corrected chi connectivity index (χ1v) is 4.16. The second-order valence-electron chi connectivity index (χ2n) is 2.15. The number of amides is 2. The van der Waals surface area contributed by atoms with Gasteiger partial charge in [-0.25, -0.2) is 9.59 Å². The van der Waals surface area contributed by atoms with Gasteiger partial charge in [0, 0.05) is 24.3 Å². The van der Waals surface area contributed by atoms with E-state index in [1.165, 1.54) is 0 Å². The summed E-state index contributed by atoms with van der Waals surface area (Å²) >= 11 is 0. The van der Waals surface area contributed by atoms with Crippen molar-refractivity contribution in [1.29, 1.82) is 0 Å². The summed E-state index contributed by atoms with van der Waals surface area (Å²) in [6.07, 6.45) is 2.93. The molecular weight excluding hydrogens is 244 g/mol. The van der Waals surface area contributed by atoms with Crippen molar-refractivity contribution in [1.82, 2.24) is 0 Å². The fourth-order valence-corrected chi connectivity index (χ4v) is 0.307. The molecular formula is C10H14N2O6. The van der Waals surface area contributed by atoms with Gasteiger partial charge in [-0.2, -0.15) is 0 Å². The predicted octanol–water partition coefficient (Wildman–Crippen LogP) is -0.973. The Morgan fingerprint density at radius 1 is 0.722 bits per heavy atom. The van der Waals surface area contributed by atoms with Crippen LogP contribution >= 0.6 is 0 Å². The standard InChI is InChI=1S/2C4H5NO3.C2H4/c2*5-3(6)1-2-4(7)8;1-2/h2*1-2H,(H2,5,6)(H,7,8);1-2H2. The first-order valence-electron chi connectivity index (χ1n) is 4.16. The summed E-state index contributed by atoms with van der Waals surface area (Å²) in [7, 11) is 0. The summed E-state index contributed by atoms with van der Waals surface area (Å²) in [5, 5.41) is 15.7. The topological polar surface area (TPSA) is 161 Å². The highest BCUT2D eigenvalue weighted by Crippen LogP contribution is 1.68. The van der Waals surface area contributed by atoms with E-state index in [0.717, 1.165) is 12.2 Å². The van der Waals surface area contributed by atoms with Crippen molar-refractivity contribution in [2.24, 2.45) is 11.5 Å². The zero-order valence-electron chi connectivity index (χ0n) is 9.41. The lowest BCUT2D eigenvalue weighted by Crippen LogP contribution is -2.06. The maximum absolute atomic E-state index is 9.78. The minimum atomic E-state index is -1.18. The summed E-state index contributed by atoms with van der Waals surface area (Å²) in [5.41, 5.74) is 9.10. The van der Waals surface area contributed by atoms with Gasteiger partial charge in [0.05, 0.1) is 0 Å². The molecule has 0 fully saturated rings. The van der Waals surface area contributed by atoms with Gasteiger partial charge in [-0.3, -0.25) is 9.59 Å². The molecule has 0 aromatic heterocycles. The zero-order valence-corrected chi connectivity index (χ0v) is 9.41. The lowest BCUT2D eigenvalue weighted by molar-refractivity contribution is -0.132. The number of primary amides is 2. The van der Waals surface area contributed by atoms with E-state index in [4.69, 9.17) is 10.2 Å². The Balaban J connectivity index is -0.000000219. The van der Waals surface area contributed by atoms with Crippen LogP contribution in [0.1, 0.15) is 0 Å². The van der Waals surface area contributed by atoms with Crippen molar-refractivity contribution in [2.45, 2.75) is 0 Å². The van der Waals surface area contributed by atoms with Crippen LogP contribution in [0.5, 0.6) is 0 Å². The van der Waals surface area contributed by atoms with Gasteiger partial charge in [0.2, 0.25) is 11.8 Å². The molecule has 8 heteroatoms. The molecule has 0 radical (unpaired) electrons. The average molecular weight is 258 g/mol. The number of carbonyl (C=O) groups excluding carboxylic acids is 2. The molecule has 0 aliphatic heterocycles. The van der Waals surface area contributed by atoms with Gasteiger partial charge >= 0.3 is 11.9 Å². The molecule has 0 bridgehead atoms. The van der Waals surface area contributed by atoms with Crippen molar-refractivity contribution in [3.8, 4) is 0 Å². The molecule has 0 rings (SSSR count). The van der Waals surface area contributed by atoms with Crippen LogP contribution in [0.15, 0.2) is 37.5 Å². The van der Waals surface area contributed by atoms with Crippen LogP contribution < -0.4 is 11.5 Å². The number of hydrogen-bond donors (Lipinski definition) is 4. The molecule has 2 amide bonds. The van der Waals surface area contributed by atoms with E-state index in [9.17, 15) is 19.2 Å². The first kappa shape index (κ1) is 20.5. The van der Waals surface area contributed by atoms with Crippen LogP contribution in [0, 0.1) is 0 Å². The highest BCUT2D eigenvalue weighted by Gasteiger charge is 1.86. The van der Waals surface area contributed by atoms with E-state index in [0.29, 0.717) is 12.2 Å². The van der Waals surface area contributed by atoms with Gasteiger partial charge in [0.15, 0.2) is 0 Å². The summed E-state index contributed by atoms with van der Waals surface area (Å²) in [6.45, 7) is 6.00. The Bertz CT molecular complexity index is 293. The Kier molecular flexibility index (Phi) is 16.1. The Morgan fingerprint density at radius 3 is 1.00 bits per heavy atom. The third-order valence-corrected chi connectivity index (χ3v) is 0.780. The fourth-order valence-electron chi connectivity index (χ4n) is 0.307. The molecule has 100 valence electrons. The Hall–Kier alpha value is -2.90. The van der Waals surface area contributed by atoms with Gasteiger partial charge in [0.1, 0.15) is 0 Å². The van der Waals surface area contributed by atoms with Crippen molar-refractivity contribution in [3.63, 3.8) is 0 Å². The van der Waals surface area contributed by atoms with Crippen molar-refractivity contribution in [2.75, 3.05) is 0 Å². The summed E-state index contributed by atoms with van der Waals surface area (Å²) in [6, 6.07) is 0. The smallest absolute Gasteiger partial charge is 0.328 e. The largest absolute Gasteiger partial charge is 0.478 e. The van der Waals surface area contributed by atoms with Crippen LogP contribution in [0.2, 0.25) is 0 Å². The van der Waals surface area contributed by atoms with E-state index in [2.05, 4.69) is 24.6 Å². The zero-order chi connectivity index (χ0) is 15.1. The SMILES string of the molecule is C=C.NC(=O)C=CC(=O)O.NC(=O)C=CC(=O)O. The van der Waals surface area contributed by atoms with Crippen LogP contribution in [-0.2, 0) is 19.2 Å². The number of rotatable bonds is 4. The second kappa shape index (κ2) is 14.1. The van der Waals surface area contributed by atoms with E-state index in [1.807, 2.05) is 0 Å². The number of aliphatic carboxylic acids is 2. The monoisotopic (exact) mass is 258 g/mol. The third-order valence-electron chi connectivity index (χ3n) is 0.780. The van der Waals surface area contributed by atoms with Crippen molar-refractivity contribution < 1.29 is 29.4 Å². The molecule has 0 aromatic rings. The normalized spacial score (nSPS) is 8.67. The van der Waals surface area contributed by atoms with Crippen molar-refractivity contribution >= 4 is 23.8 Å². The van der Waals surface area contributed by atoms with Crippen LogP contribution in [0.4, 0.5) is 0 Å². The molecule has 8 nitrogen and oxygen atoms in total. The lowest BCUT2D eigenvalue weighted by Gasteiger charge is -1.75. The molecule has 0 aliphatic rings. The van der Waals surface area contributed by atoms with Crippen LogP contribution in [0.25, 0.3) is 0 Å². The molecule has 0 atom stereocenters. The second-order valence-corrected chi connectivity index (χ2v) is 2.15. The number of carboxylic acid groups (broad SMARTS) is 2. The molecule has 0 aliphatic carbocycles. The highest BCUT2D eigenvalue weighted by molar-refractivity contribution is 5.93. The Labute approximate surface area is 103 Å². The molecule has 0 spiro atoms. The highest BCUT2D eigenvalue weighted by atomic mass is 16.4. The van der Waals surface area contributed by atoms with E-state index < -0.39 is 23.8 Å². The maximum Gasteiger partial charge on any atom is 0.328 e. The van der Waals surface area contributed by atoms with E-state index in [1.54, 1.807) is 0 Å². The van der Waals surface area contributed by atoms with Crippen molar-refractivity contribution in [3.05, 3.63) is 37.5 Å². The lowest BCUT2D eigenvalue weighted by atomic mass is 10.5. The Morgan fingerprint density at radius 2 is 0.944 bits per heavy atom. The molecule has 0 saturated carbocycles. The molecule has 0 aromatic carbocycles. The first-order chi connectivity index (χ1) is 8.25. The summed E-state index contributed by atoms with van der Waals surface area (Å²) in [5.74, 6) is -3.87. The minimum absolute atomic E-state index is 0.683. The number of carboxylic acids is 2. The fraction of sp³-hybridized carbons (Fsp3) is 0. The molecule has 0 saturated heterocycles. The maximum atomic E-state index is 9.78. The van der Waals surface area contributed by atoms with E-state index >= 15 is 0 Å². The minimum Gasteiger partial charge on any atom is -0.478 e. The number of hydrogen-bond acceptors (Lipinski definition) is 4. The van der Waals surface area contributed by atoms with Gasteiger partial charge in [-0.15, -0.1) is 13.2 Å². The number of nitrogens with two attached hydrogens (primary N) is 2. The average Bonchev–Trinajstić information content (AvgIpc) is 2.27. The predicted molar refractivity (Wildman–Crippen MR) is 63.2 cm³/mol. The molecule has 6 N–H and O–H groups in total. The van der Waals surface area contributed by atoms with Crippen LogP contribution in [-0.4, -0.2) is 34.0 Å². The van der Waals surface area contributed by atoms with Gasteiger partial charge in [-0.1, -0.05) is 0 Å². The molecule has 0 heterocycles. The summed E-state index contributed by atoms with van der Waals surface area (Å²) < 4.78 is 0. The van der Waals surface area contributed by atoms with Gasteiger partial charge in [0.25, 0.3) is 0 Å². The molecule has 18 heavy (non-hydrogen) atoms. The third kappa shape index (κ3) is 38.0. The van der Waals surface area contributed by atoms with Gasteiger partial charge in [-0.05, 0) is 0 Å². The van der Waals surface area contributed by atoms with E-state index in [-0.39, 0.29) is 0 Å².